The molecule has 0 spiro atoms. The predicted molar refractivity (Wildman–Crippen MR) is 130 cm³/mol. The fourth-order valence-electron chi connectivity index (χ4n) is 5.19. The Labute approximate surface area is 185 Å². The molecule has 0 aliphatic carbocycles. The Morgan fingerprint density at radius 1 is 1.03 bits per heavy atom. The Balaban J connectivity index is 1.61. The molecule has 5 rings (SSSR count). The number of aryl methyl sites for hydroxylation is 1. The van der Waals surface area contributed by atoms with E-state index < -0.39 is 0 Å². The summed E-state index contributed by atoms with van der Waals surface area (Å²) in [5.74, 6) is 0.954. The maximum atomic E-state index is 6.30. The van der Waals surface area contributed by atoms with Gasteiger partial charge >= 0.3 is 0 Å². The van der Waals surface area contributed by atoms with Crippen LogP contribution >= 0.6 is 0 Å². The first kappa shape index (κ1) is 20.3. The van der Waals surface area contributed by atoms with Crippen LogP contribution in [0.5, 0.6) is 0 Å². The van der Waals surface area contributed by atoms with Crippen molar-refractivity contribution in [1.29, 1.82) is 0 Å². The van der Waals surface area contributed by atoms with Gasteiger partial charge in [0.25, 0.3) is 0 Å². The number of hydrogen-bond donors (Lipinski definition) is 0. The van der Waals surface area contributed by atoms with Gasteiger partial charge in [-0.05, 0) is 56.9 Å². The van der Waals surface area contributed by atoms with Crippen molar-refractivity contribution in [2.45, 2.75) is 39.8 Å². The van der Waals surface area contributed by atoms with E-state index in [1.165, 1.54) is 34.0 Å². The summed E-state index contributed by atoms with van der Waals surface area (Å²) >= 11 is 0. The molecule has 2 aromatic carbocycles. The van der Waals surface area contributed by atoms with E-state index in [1.807, 2.05) is 0 Å². The van der Waals surface area contributed by atoms with Gasteiger partial charge in [0.05, 0.1) is 0 Å². The molecule has 0 unspecified atom stereocenters. The third-order valence-corrected chi connectivity index (χ3v) is 6.91. The highest BCUT2D eigenvalue weighted by Gasteiger charge is 2.24. The molecule has 0 bridgehead atoms. The van der Waals surface area contributed by atoms with Gasteiger partial charge in [0, 0.05) is 53.6 Å². The first-order valence-electron chi connectivity index (χ1n) is 11.7. The van der Waals surface area contributed by atoms with Crippen LogP contribution in [0.15, 0.2) is 52.9 Å². The molecule has 0 atom stereocenters. The summed E-state index contributed by atoms with van der Waals surface area (Å²) in [6.45, 7) is 11.2. The van der Waals surface area contributed by atoms with Crippen LogP contribution in [-0.2, 0) is 19.5 Å². The molecule has 162 valence electrons. The van der Waals surface area contributed by atoms with E-state index in [4.69, 9.17) is 4.42 Å². The molecule has 3 heterocycles. The van der Waals surface area contributed by atoms with Gasteiger partial charge in [0.1, 0.15) is 11.3 Å². The lowest BCUT2D eigenvalue weighted by molar-refractivity contribution is 0.289. The van der Waals surface area contributed by atoms with E-state index in [1.54, 1.807) is 0 Å². The maximum absolute atomic E-state index is 6.30. The van der Waals surface area contributed by atoms with Gasteiger partial charge < -0.3 is 18.8 Å². The Morgan fingerprint density at radius 2 is 1.84 bits per heavy atom. The minimum absolute atomic E-state index is 0.954. The van der Waals surface area contributed by atoms with Crippen LogP contribution in [0.25, 0.3) is 33.2 Å². The first-order chi connectivity index (χ1) is 15.2. The van der Waals surface area contributed by atoms with Crippen LogP contribution in [0.4, 0.5) is 0 Å². The molecular formula is C27H33N3O. The highest BCUT2D eigenvalue weighted by Crippen LogP contribution is 2.39. The molecule has 0 fully saturated rings. The van der Waals surface area contributed by atoms with Crippen molar-refractivity contribution in [2.24, 2.45) is 0 Å². The summed E-state index contributed by atoms with van der Waals surface area (Å²) in [7, 11) is 2.23. The highest BCUT2D eigenvalue weighted by molar-refractivity contribution is 6.09. The molecule has 0 radical (unpaired) electrons. The van der Waals surface area contributed by atoms with Crippen LogP contribution in [0.1, 0.15) is 31.5 Å². The van der Waals surface area contributed by atoms with Gasteiger partial charge in [-0.15, -0.1) is 0 Å². The number of nitrogens with zero attached hydrogens (tertiary/aromatic N) is 3. The van der Waals surface area contributed by atoms with Crippen LogP contribution in [0.3, 0.4) is 0 Å². The summed E-state index contributed by atoms with van der Waals surface area (Å²) < 4.78 is 8.91. The monoisotopic (exact) mass is 415 g/mol. The molecule has 0 amide bonds. The second-order valence-corrected chi connectivity index (χ2v) is 8.79. The van der Waals surface area contributed by atoms with E-state index in [-0.39, 0.29) is 0 Å². The van der Waals surface area contributed by atoms with E-state index >= 15 is 0 Å². The second-order valence-electron chi connectivity index (χ2n) is 8.79. The molecule has 4 nitrogen and oxygen atoms in total. The lowest BCUT2D eigenvalue weighted by Gasteiger charge is -2.24. The van der Waals surface area contributed by atoms with Crippen molar-refractivity contribution in [3.8, 4) is 11.3 Å². The largest absolute Gasteiger partial charge is 0.456 e. The number of likely N-dealkylation sites (N-methyl/N-ethyl adjacent to an activating group) is 1. The normalized spacial score (nSPS) is 14.7. The summed E-state index contributed by atoms with van der Waals surface area (Å²) in [6, 6.07) is 17.1. The molecule has 0 saturated carbocycles. The fourth-order valence-corrected chi connectivity index (χ4v) is 5.19. The average Bonchev–Trinajstić information content (AvgIpc) is 3.36. The average molecular weight is 416 g/mol. The Hall–Kier alpha value is -2.56. The molecule has 1 aliphatic heterocycles. The van der Waals surface area contributed by atoms with Crippen LogP contribution in [0, 0.1) is 0 Å². The molecule has 0 N–H and O–H groups in total. The van der Waals surface area contributed by atoms with Gasteiger partial charge in [0.2, 0.25) is 0 Å². The molecule has 4 aromatic rings. The molecule has 2 aromatic heterocycles. The number of aromatic nitrogens is 1. The minimum Gasteiger partial charge on any atom is -0.456 e. The van der Waals surface area contributed by atoms with Crippen LogP contribution in [-0.4, -0.2) is 47.6 Å². The van der Waals surface area contributed by atoms with Gasteiger partial charge in [-0.2, -0.15) is 0 Å². The lowest BCUT2D eigenvalue weighted by Crippen LogP contribution is -2.28. The summed E-state index contributed by atoms with van der Waals surface area (Å²) in [5.41, 5.74) is 6.52. The third kappa shape index (κ3) is 3.68. The zero-order valence-electron chi connectivity index (χ0n) is 19.0. The van der Waals surface area contributed by atoms with Gasteiger partial charge in [0.15, 0.2) is 0 Å². The standard InChI is InChI=1S/C27H33N3O/c1-4-29(5-2)15-9-16-30-23-14-17-28(3)19-22(23)27-21-18-26(20-10-7-6-8-11-20)31-25(21)13-12-24(27)30/h6-8,10-13,18H,4-5,9,14-17,19H2,1-3H3. The Morgan fingerprint density at radius 3 is 2.61 bits per heavy atom. The number of furan rings is 1. The fraction of sp³-hybridized carbons (Fsp3) is 0.407. The second kappa shape index (κ2) is 8.52. The zero-order chi connectivity index (χ0) is 21.4. The molecule has 0 saturated heterocycles. The number of fused-ring (bicyclic) bond motifs is 5. The number of benzene rings is 2. The SMILES string of the molecule is CCN(CC)CCCn1c2c(c3c4cc(-c5ccccc5)oc4ccc31)CN(C)CC2. The van der Waals surface area contributed by atoms with Crippen LogP contribution in [0.2, 0.25) is 0 Å². The maximum Gasteiger partial charge on any atom is 0.135 e. The molecule has 4 heteroatoms. The molecular weight excluding hydrogens is 382 g/mol. The predicted octanol–water partition coefficient (Wildman–Crippen LogP) is 5.77. The van der Waals surface area contributed by atoms with Gasteiger partial charge in [-0.25, -0.2) is 0 Å². The summed E-state index contributed by atoms with van der Waals surface area (Å²) in [4.78, 5) is 4.96. The number of hydrogen-bond acceptors (Lipinski definition) is 3. The van der Waals surface area contributed by atoms with E-state index in [0.29, 0.717) is 0 Å². The van der Waals surface area contributed by atoms with Crippen molar-refractivity contribution in [2.75, 3.05) is 33.2 Å². The van der Waals surface area contributed by atoms with Gasteiger partial charge in [-0.3, -0.25) is 0 Å². The van der Waals surface area contributed by atoms with Crippen molar-refractivity contribution < 1.29 is 4.42 Å². The van der Waals surface area contributed by atoms with Crippen molar-refractivity contribution in [3.63, 3.8) is 0 Å². The lowest BCUT2D eigenvalue weighted by atomic mass is 10.0. The summed E-state index contributed by atoms with van der Waals surface area (Å²) in [5, 5.41) is 2.65. The minimum atomic E-state index is 0.954. The number of rotatable bonds is 7. The molecule has 31 heavy (non-hydrogen) atoms. The topological polar surface area (TPSA) is 24.6 Å². The molecule has 1 aliphatic rings. The Kier molecular flexibility index (Phi) is 5.59. The van der Waals surface area contributed by atoms with Crippen LogP contribution < -0.4 is 0 Å². The van der Waals surface area contributed by atoms with Crippen molar-refractivity contribution in [3.05, 3.63) is 59.8 Å². The Bertz CT molecular complexity index is 1180. The van der Waals surface area contributed by atoms with E-state index in [0.717, 1.165) is 62.6 Å². The zero-order valence-corrected chi connectivity index (χ0v) is 19.0. The van der Waals surface area contributed by atoms with Crippen molar-refractivity contribution in [1.82, 2.24) is 14.4 Å². The van der Waals surface area contributed by atoms with Gasteiger partial charge in [-0.1, -0.05) is 44.2 Å². The summed E-state index contributed by atoms with van der Waals surface area (Å²) in [6.07, 6.45) is 2.31. The van der Waals surface area contributed by atoms with E-state index in [9.17, 15) is 0 Å². The first-order valence-corrected chi connectivity index (χ1v) is 11.7. The quantitative estimate of drug-likeness (QED) is 0.383. The smallest absolute Gasteiger partial charge is 0.135 e. The van der Waals surface area contributed by atoms with Crippen molar-refractivity contribution >= 4 is 21.9 Å². The van der Waals surface area contributed by atoms with E-state index in [2.05, 4.69) is 83.8 Å². The third-order valence-electron chi connectivity index (χ3n) is 6.91. The highest BCUT2D eigenvalue weighted by atomic mass is 16.3.